The fraction of sp³-hybridized carbons (Fsp3) is 0.421. The average molecular weight is 409 g/mol. The Labute approximate surface area is 167 Å². The van der Waals surface area contributed by atoms with Gasteiger partial charge in [-0.3, -0.25) is 9.59 Å². The summed E-state index contributed by atoms with van der Waals surface area (Å²) in [6.45, 7) is 3.56. The van der Waals surface area contributed by atoms with Crippen LogP contribution in [0.25, 0.3) is 0 Å². The van der Waals surface area contributed by atoms with E-state index in [1.165, 1.54) is 11.3 Å². The molecule has 0 radical (unpaired) electrons. The van der Waals surface area contributed by atoms with Gasteiger partial charge >= 0.3 is 5.97 Å². The van der Waals surface area contributed by atoms with Crippen LogP contribution in [0.3, 0.4) is 0 Å². The molecule has 144 valence electrons. The zero-order chi connectivity index (χ0) is 19.2. The van der Waals surface area contributed by atoms with Gasteiger partial charge in [-0.2, -0.15) is 0 Å². The molecule has 0 spiro atoms. The van der Waals surface area contributed by atoms with E-state index in [2.05, 4.69) is 4.98 Å². The lowest BCUT2D eigenvalue weighted by molar-refractivity contribution is -0.149. The van der Waals surface area contributed by atoms with E-state index < -0.39 is 0 Å². The highest BCUT2D eigenvalue weighted by Gasteiger charge is 2.29. The van der Waals surface area contributed by atoms with Crippen molar-refractivity contribution in [3.63, 3.8) is 0 Å². The summed E-state index contributed by atoms with van der Waals surface area (Å²) in [6, 6.07) is 7.09. The first-order chi connectivity index (χ1) is 13.1. The molecule has 1 amide bonds. The van der Waals surface area contributed by atoms with Crippen LogP contribution < -0.4 is 4.74 Å². The van der Waals surface area contributed by atoms with E-state index in [0.717, 1.165) is 5.01 Å². The van der Waals surface area contributed by atoms with Crippen LogP contribution in [0.2, 0.25) is 5.02 Å². The monoisotopic (exact) mass is 408 g/mol. The number of aromatic nitrogens is 1. The second kappa shape index (κ2) is 9.19. The van der Waals surface area contributed by atoms with Gasteiger partial charge in [-0.1, -0.05) is 11.6 Å². The van der Waals surface area contributed by atoms with Gasteiger partial charge < -0.3 is 14.4 Å². The van der Waals surface area contributed by atoms with Gasteiger partial charge in [0.05, 0.1) is 12.5 Å². The van der Waals surface area contributed by atoms with Crippen molar-refractivity contribution in [2.24, 2.45) is 5.92 Å². The van der Waals surface area contributed by atoms with E-state index in [9.17, 15) is 9.59 Å². The Balaban J connectivity index is 1.51. The first-order valence-electron chi connectivity index (χ1n) is 8.85. The summed E-state index contributed by atoms with van der Waals surface area (Å²) in [5.74, 6) is 0.308. The number of esters is 1. The smallest absolute Gasteiger partial charge is 0.309 e. The molecule has 3 rings (SSSR count). The lowest BCUT2D eigenvalue weighted by Crippen LogP contribution is -2.40. The Bertz CT molecular complexity index is 785. The molecular formula is C19H21ClN2O4S. The highest BCUT2D eigenvalue weighted by Crippen LogP contribution is 2.22. The number of nitrogens with zero attached hydrogens (tertiary/aromatic N) is 2. The molecule has 27 heavy (non-hydrogen) atoms. The van der Waals surface area contributed by atoms with Crippen molar-refractivity contribution in [1.82, 2.24) is 9.88 Å². The quantitative estimate of drug-likeness (QED) is 0.680. The molecule has 1 fully saturated rings. The standard InChI is InChI=1S/C19H21ClN2O4S/c1-2-25-19(24)13-7-9-22(10-8-13)18(23)16-12-27-17(21-16)11-26-15-5-3-14(20)4-6-15/h3-6,12-13H,2,7-11H2,1H3. The number of carbonyl (C=O) groups excluding carboxylic acids is 2. The summed E-state index contributed by atoms with van der Waals surface area (Å²) in [7, 11) is 0. The third kappa shape index (κ3) is 5.20. The largest absolute Gasteiger partial charge is 0.486 e. The second-order valence-electron chi connectivity index (χ2n) is 6.19. The molecule has 1 saturated heterocycles. The fourth-order valence-corrected chi connectivity index (χ4v) is 3.70. The molecule has 0 N–H and O–H groups in total. The number of benzene rings is 1. The average Bonchev–Trinajstić information content (AvgIpc) is 3.16. The molecule has 0 unspecified atom stereocenters. The van der Waals surface area contributed by atoms with Crippen LogP contribution in [0.1, 0.15) is 35.3 Å². The van der Waals surface area contributed by atoms with Crippen LogP contribution in [0, 0.1) is 5.92 Å². The van der Waals surface area contributed by atoms with Crippen LogP contribution >= 0.6 is 22.9 Å². The third-order valence-corrected chi connectivity index (χ3v) is 5.42. The maximum absolute atomic E-state index is 12.6. The Kier molecular flexibility index (Phi) is 6.68. The molecule has 0 aliphatic carbocycles. The topological polar surface area (TPSA) is 68.7 Å². The van der Waals surface area contributed by atoms with Crippen molar-refractivity contribution in [3.8, 4) is 5.75 Å². The third-order valence-electron chi connectivity index (χ3n) is 4.35. The zero-order valence-electron chi connectivity index (χ0n) is 15.0. The number of hydrogen-bond acceptors (Lipinski definition) is 6. The Hall–Kier alpha value is -2.12. The minimum Gasteiger partial charge on any atom is -0.486 e. The van der Waals surface area contributed by atoms with Crippen molar-refractivity contribution < 1.29 is 19.1 Å². The zero-order valence-corrected chi connectivity index (χ0v) is 16.6. The first kappa shape index (κ1) is 19.6. The maximum Gasteiger partial charge on any atom is 0.309 e. The number of hydrogen-bond donors (Lipinski definition) is 0. The van der Waals surface area contributed by atoms with Crippen molar-refractivity contribution >= 4 is 34.8 Å². The number of ether oxygens (including phenoxy) is 2. The van der Waals surface area contributed by atoms with Crippen LogP contribution in [0.5, 0.6) is 5.75 Å². The summed E-state index contributed by atoms with van der Waals surface area (Å²) in [6.07, 6.45) is 1.25. The summed E-state index contributed by atoms with van der Waals surface area (Å²) in [5, 5.41) is 3.13. The van der Waals surface area contributed by atoms with E-state index in [4.69, 9.17) is 21.1 Å². The molecule has 1 aliphatic heterocycles. The fourth-order valence-electron chi connectivity index (χ4n) is 2.89. The Morgan fingerprint density at radius 1 is 1.26 bits per heavy atom. The van der Waals surface area contributed by atoms with Crippen LogP contribution in [-0.4, -0.2) is 41.5 Å². The summed E-state index contributed by atoms with van der Waals surface area (Å²) in [5.41, 5.74) is 0.421. The summed E-state index contributed by atoms with van der Waals surface area (Å²) >= 11 is 7.24. The predicted octanol–water partition coefficient (Wildman–Crippen LogP) is 3.79. The lowest BCUT2D eigenvalue weighted by Gasteiger charge is -2.30. The van der Waals surface area contributed by atoms with Crippen molar-refractivity contribution in [3.05, 3.63) is 45.4 Å². The summed E-state index contributed by atoms with van der Waals surface area (Å²) in [4.78, 5) is 30.6. The van der Waals surface area contributed by atoms with E-state index in [0.29, 0.717) is 55.6 Å². The van der Waals surface area contributed by atoms with Crippen LogP contribution in [0.4, 0.5) is 0 Å². The van der Waals surface area contributed by atoms with E-state index in [1.807, 2.05) is 0 Å². The van der Waals surface area contributed by atoms with Gasteiger partial charge in [-0.25, -0.2) is 4.98 Å². The lowest BCUT2D eigenvalue weighted by atomic mass is 9.97. The molecule has 1 aromatic heterocycles. The number of likely N-dealkylation sites (tertiary alicyclic amines) is 1. The van der Waals surface area contributed by atoms with Gasteiger partial charge in [0.15, 0.2) is 0 Å². The minimum atomic E-state index is -0.167. The molecule has 6 nitrogen and oxygen atoms in total. The van der Waals surface area contributed by atoms with E-state index in [1.54, 1.807) is 41.5 Å². The highest BCUT2D eigenvalue weighted by molar-refractivity contribution is 7.09. The molecule has 0 atom stereocenters. The van der Waals surface area contributed by atoms with Gasteiger partial charge in [-0.15, -0.1) is 11.3 Å². The van der Waals surface area contributed by atoms with Crippen molar-refractivity contribution in [1.29, 1.82) is 0 Å². The number of halogens is 1. The molecule has 0 bridgehead atoms. The number of amides is 1. The first-order valence-corrected chi connectivity index (χ1v) is 10.1. The Morgan fingerprint density at radius 2 is 1.96 bits per heavy atom. The van der Waals surface area contributed by atoms with Crippen LogP contribution in [-0.2, 0) is 16.1 Å². The molecule has 8 heteroatoms. The van der Waals surface area contributed by atoms with Gasteiger partial charge in [0.25, 0.3) is 5.91 Å². The molecule has 0 saturated carbocycles. The van der Waals surface area contributed by atoms with Gasteiger partial charge in [-0.05, 0) is 44.0 Å². The van der Waals surface area contributed by atoms with Crippen molar-refractivity contribution in [2.45, 2.75) is 26.4 Å². The Morgan fingerprint density at radius 3 is 2.63 bits per heavy atom. The number of rotatable bonds is 6. The van der Waals surface area contributed by atoms with Gasteiger partial charge in [0.1, 0.15) is 23.1 Å². The number of thiazole rings is 1. The minimum absolute atomic E-state index is 0.105. The highest BCUT2D eigenvalue weighted by atomic mass is 35.5. The van der Waals surface area contributed by atoms with Gasteiger partial charge in [0, 0.05) is 23.5 Å². The SMILES string of the molecule is CCOC(=O)C1CCN(C(=O)c2csc(COc3ccc(Cl)cc3)n2)CC1. The predicted molar refractivity (Wildman–Crippen MR) is 103 cm³/mol. The molecule has 2 heterocycles. The molecule has 1 aliphatic rings. The van der Waals surface area contributed by atoms with Crippen LogP contribution in [0.15, 0.2) is 29.6 Å². The normalized spacial score (nSPS) is 14.8. The van der Waals surface area contributed by atoms with E-state index >= 15 is 0 Å². The molecule has 1 aromatic carbocycles. The molecule has 2 aromatic rings. The van der Waals surface area contributed by atoms with Gasteiger partial charge in [0.2, 0.25) is 0 Å². The summed E-state index contributed by atoms with van der Waals surface area (Å²) < 4.78 is 10.7. The van der Waals surface area contributed by atoms with E-state index in [-0.39, 0.29) is 17.8 Å². The maximum atomic E-state index is 12.6. The van der Waals surface area contributed by atoms with Crippen molar-refractivity contribution in [2.75, 3.05) is 19.7 Å². The second-order valence-corrected chi connectivity index (χ2v) is 7.57. The molecular weight excluding hydrogens is 388 g/mol. The number of carbonyl (C=O) groups is 2. The number of piperidine rings is 1.